The summed E-state index contributed by atoms with van der Waals surface area (Å²) in [5, 5.41) is 0. The third-order valence-electron chi connectivity index (χ3n) is 3.84. The number of ether oxygens (including phenoxy) is 2. The predicted molar refractivity (Wildman–Crippen MR) is 94.8 cm³/mol. The number of hydrogen-bond acceptors (Lipinski definition) is 5. The molecular formula is C19H20N2O3. The molecule has 0 unspecified atom stereocenters. The Morgan fingerprint density at radius 3 is 2.04 bits per heavy atom. The quantitative estimate of drug-likeness (QED) is 0.707. The van der Waals surface area contributed by atoms with Gasteiger partial charge in [-0.2, -0.15) is 0 Å². The predicted octanol–water partition coefficient (Wildman–Crippen LogP) is 4.09. The molecule has 0 atom stereocenters. The van der Waals surface area contributed by atoms with Gasteiger partial charge in [-0.3, -0.25) is 0 Å². The minimum atomic E-state index is 0.709. The molecule has 0 radical (unpaired) electrons. The van der Waals surface area contributed by atoms with Gasteiger partial charge in [-0.1, -0.05) is 0 Å². The fraction of sp³-hybridized carbons (Fsp3) is 0.211. The Morgan fingerprint density at radius 2 is 1.50 bits per heavy atom. The van der Waals surface area contributed by atoms with Gasteiger partial charge in [-0.05, 0) is 36.4 Å². The molecule has 0 aliphatic rings. The summed E-state index contributed by atoms with van der Waals surface area (Å²) >= 11 is 0. The van der Waals surface area contributed by atoms with E-state index in [2.05, 4.69) is 9.88 Å². The summed E-state index contributed by atoms with van der Waals surface area (Å²) in [7, 11) is 7.28. The van der Waals surface area contributed by atoms with Crippen LogP contribution < -0.4 is 14.4 Å². The van der Waals surface area contributed by atoms with Crippen molar-refractivity contribution in [2.24, 2.45) is 0 Å². The Kier molecular flexibility index (Phi) is 4.42. The Labute approximate surface area is 141 Å². The number of rotatable bonds is 5. The maximum atomic E-state index is 5.65. The van der Waals surface area contributed by atoms with Gasteiger partial charge < -0.3 is 18.8 Å². The Hall–Kier alpha value is -2.95. The van der Waals surface area contributed by atoms with Crippen molar-refractivity contribution in [1.29, 1.82) is 0 Å². The SMILES string of the molecule is COc1cc(OC)cc(-c2ncoc2-c2ccc(N(C)C)cc2)c1. The average molecular weight is 324 g/mol. The first-order valence-electron chi connectivity index (χ1n) is 7.57. The molecule has 124 valence electrons. The number of benzene rings is 2. The molecular weight excluding hydrogens is 304 g/mol. The van der Waals surface area contributed by atoms with Gasteiger partial charge in [0.1, 0.15) is 17.2 Å². The number of anilines is 1. The van der Waals surface area contributed by atoms with Crippen LogP contribution in [0.4, 0.5) is 5.69 Å². The lowest BCUT2D eigenvalue weighted by Crippen LogP contribution is -2.07. The summed E-state index contributed by atoms with van der Waals surface area (Å²) in [6.45, 7) is 0. The Balaban J connectivity index is 2.04. The summed E-state index contributed by atoms with van der Waals surface area (Å²) in [5.41, 5.74) is 3.73. The summed E-state index contributed by atoms with van der Waals surface area (Å²) in [6.07, 6.45) is 1.45. The van der Waals surface area contributed by atoms with Crippen molar-refractivity contribution in [1.82, 2.24) is 4.98 Å². The number of hydrogen-bond donors (Lipinski definition) is 0. The summed E-state index contributed by atoms with van der Waals surface area (Å²) in [5.74, 6) is 2.14. The monoisotopic (exact) mass is 324 g/mol. The minimum absolute atomic E-state index is 0.709. The number of oxazole rings is 1. The number of aromatic nitrogens is 1. The largest absolute Gasteiger partial charge is 0.497 e. The molecule has 0 saturated carbocycles. The van der Waals surface area contributed by atoms with Crippen molar-refractivity contribution < 1.29 is 13.9 Å². The van der Waals surface area contributed by atoms with E-state index in [4.69, 9.17) is 13.9 Å². The minimum Gasteiger partial charge on any atom is -0.497 e. The molecule has 0 fully saturated rings. The van der Waals surface area contributed by atoms with E-state index in [0.717, 1.165) is 28.3 Å². The molecule has 3 aromatic rings. The molecule has 2 aromatic carbocycles. The highest BCUT2D eigenvalue weighted by Crippen LogP contribution is 2.35. The van der Waals surface area contributed by atoms with Crippen LogP contribution in [0.2, 0.25) is 0 Å². The number of nitrogens with zero attached hydrogens (tertiary/aromatic N) is 2. The molecule has 0 N–H and O–H groups in total. The molecule has 1 heterocycles. The van der Waals surface area contributed by atoms with Gasteiger partial charge in [0.15, 0.2) is 12.2 Å². The van der Waals surface area contributed by atoms with Crippen LogP contribution in [0.3, 0.4) is 0 Å². The van der Waals surface area contributed by atoms with E-state index in [1.54, 1.807) is 14.2 Å². The van der Waals surface area contributed by atoms with Crippen LogP contribution >= 0.6 is 0 Å². The molecule has 0 aliphatic carbocycles. The van der Waals surface area contributed by atoms with Crippen LogP contribution in [0, 0.1) is 0 Å². The van der Waals surface area contributed by atoms with Gasteiger partial charge in [0.05, 0.1) is 14.2 Å². The standard InChI is InChI=1S/C19H20N2O3/c1-21(2)15-7-5-13(6-8-15)19-18(20-12-24-19)14-9-16(22-3)11-17(10-14)23-4/h5-12H,1-4H3. The zero-order chi connectivity index (χ0) is 17.1. The normalized spacial score (nSPS) is 10.5. The zero-order valence-corrected chi connectivity index (χ0v) is 14.2. The molecule has 5 heteroatoms. The lowest BCUT2D eigenvalue weighted by Gasteiger charge is -2.12. The topological polar surface area (TPSA) is 47.7 Å². The molecule has 0 aliphatic heterocycles. The molecule has 0 spiro atoms. The smallest absolute Gasteiger partial charge is 0.182 e. The fourth-order valence-electron chi connectivity index (χ4n) is 2.51. The molecule has 5 nitrogen and oxygen atoms in total. The highest BCUT2D eigenvalue weighted by molar-refractivity contribution is 5.78. The van der Waals surface area contributed by atoms with Gasteiger partial charge in [0.25, 0.3) is 0 Å². The zero-order valence-electron chi connectivity index (χ0n) is 14.2. The van der Waals surface area contributed by atoms with Crippen molar-refractivity contribution in [3.63, 3.8) is 0 Å². The van der Waals surface area contributed by atoms with Crippen molar-refractivity contribution in [3.8, 4) is 34.1 Å². The second kappa shape index (κ2) is 6.66. The first-order valence-corrected chi connectivity index (χ1v) is 7.57. The van der Waals surface area contributed by atoms with Crippen molar-refractivity contribution in [2.45, 2.75) is 0 Å². The molecule has 0 bridgehead atoms. The molecule has 0 saturated heterocycles. The van der Waals surface area contributed by atoms with Crippen LogP contribution in [0.15, 0.2) is 53.3 Å². The van der Waals surface area contributed by atoms with Gasteiger partial charge >= 0.3 is 0 Å². The van der Waals surface area contributed by atoms with Crippen molar-refractivity contribution in [2.75, 3.05) is 33.2 Å². The third-order valence-corrected chi connectivity index (χ3v) is 3.84. The third kappa shape index (κ3) is 3.06. The second-order valence-electron chi connectivity index (χ2n) is 5.57. The second-order valence-corrected chi connectivity index (χ2v) is 5.57. The molecule has 24 heavy (non-hydrogen) atoms. The maximum Gasteiger partial charge on any atom is 0.182 e. The van der Waals surface area contributed by atoms with Crippen LogP contribution in [0.25, 0.3) is 22.6 Å². The van der Waals surface area contributed by atoms with E-state index in [1.165, 1.54) is 6.39 Å². The highest BCUT2D eigenvalue weighted by atomic mass is 16.5. The van der Waals surface area contributed by atoms with Crippen LogP contribution in [0.1, 0.15) is 0 Å². The lowest BCUT2D eigenvalue weighted by molar-refractivity contribution is 0.394. The van der Waals surface area contributed by atoms with E-state index in [1.807, 2.05) is 56.6 Å². The average Bonchev–Trinajstić information content (AvgIpc) is 3.11. The summed E-state index contributed by atoms with van der Waals surface area (Å²) in [6, 6.07) is 13.8. The Morgan fingerprint density at radius 1 is 0.875 bits per heavy atom. The van der Waals surface area contributed by atoms with Gasteiger partial charge in [0, 0.05) is 37.0 Å². The highest BCUT2D eigenvalue weighted by Gasteiger charge is 2.15. The molecule has 0 amide bonds. The van der Waals surface area contributed by atoms with E-state index in [0.29, 0.717) is 11.5 Å². The summed E-state index contributed by atoms with van der Waals surface area (Å²) < 4.78 is 16.3. The number of methoxy groups -OCH3 is 2. The Bertz CT molecular complexity index is 801. The van der Waals surface area contributed by atoms with E-state index < -0.39 is 0 Å². The van der Waals surface area contributed by atoms with Crippen molar-refractivity contribution >= 4 is 5.69 Å². The van der Waals surface area contributed by atoms with E-state index >= 15 is 0 Å². The maximum absolute atomic E-state index is 5.65. The lowest BCUT2D eigenvalue weighted by atomic mass is 10.0. The van der Waals surface area contributed by atoms with Crippen molar-refractivity contribution in [3.05, 3.63) is 48.9 Å². The molecule has 3 rings (SSSR count). The van der Waals surface area contributed by atoms with Gasteiger partial charge in [-0.15, -0.1) is 0 Å². The van der Waals surface area contributed by atoms with Gasteiger partial charge in [0.2, 0.25) is 0 Å². The van der Waals surface area contributed by atoms with Gasteiger partial charge in [-0.25, -0.2) is 4.98 Å². The van der Waals surface area contributed by atoms with E-state index in [-0.39, 0.29) is 0 Å². The van der Waals surface area contributed by atoms with Crippen LogP contribution in [-0.4, -0.2) is 33.3 Å². The van der Waals surface area contributed by atoms with Crippen LogP contribution in [-0.2, 0) is 0 Å². The first-order chi connectivity index (χ1) is 11.6. The first kappa shape index (κ1) is 15.9. The molecule has 1 aromatic heterocycles. The van der Waals surface area contributed by atoms with Crippen LogP contribution in [0.5, 0.6) is 11.5 Å². The summed E-state index contributed by atoms with van der Waals surface area (Å²) in [4.78, 5) is 6.44. The fourth-order valence-corrected chi connectivity index (χ4v) is 2.51. The van der Waals surface area contributed by atoms with E-state index in [9.17, 15) is 0 Å².